The summed E-state index contributed by atoms with van der Waals surface area (Å²) >= 11 is 0. The normalized spacial score (nSPS) is 19.8. The third-order valence-corrected chi connectivity index (χ3v) is 5.17. The highest BCUT2D eigenvalue weighted by Crippen LogP contribution is 2.29. The Hall–Kier alpha value is -4.80. The summed E-state index contributed by atoms with van der Waals surface area (Å²) in [5.41, 5.74) is 0. The van der Waals surface area contributed by atoms with Crippen molar-refractivity contribution >= 4 is 36.4 Å². The highest BCUT2D eigenvalue weighted by Gasteiger charge is 2.47. The van der Waals surface area contributed by atoms with Crippen molar-refractivity contribution in [3.63, 3.8) is 0 Å². The molecule has 0 N–H and O–H groups in total. The summed E-state index contributed by atoms with van der Waals surface area (Å²) in [5, 5.41) is 0. The van der Waals surface area contributed by atoms with Crippen LogP contribution in [0.15, 0.2) is 0 Å². The molecule has 0 bridgehead atoms. The van der Waals surface area contributed by atoms with Crippen molar-refractivity contribution in [1.29, 1.82) is 0 Å². The summed E-state index contributed by atoms with van der Waals surface area (Å²) in [5.74, 6) is -7.36. The number of carbonyl (C=O) groups is 6. The minimum atomic E-state index is -4.99. The summed E-state index contributed by atoms with van der Waals surface area (Å²) in [6.45, 7) is 8.04. The molecule has 0 aliphatic carbocycles. The van der Waals surface area contributed by atoms with Crippen molar-refractivity contribution in [2.45, 2.75) is 123 Å². The van der Waals surface area contributed by atoms with E-state index in [4.69, 9.17) is 0 Å². The van der Waals surface area contributed by atoms with Gasteiger partial charge in [-0.1, -0.05) is 0 Å². The lowest BCUT2D eigenvalue weighted by Gasteiger charge is -2.21. The molecule has 362 valence electrons. The quantitative estimate of drug-likeness (QED) is 0.118. The largest absolute Gasteiger partial charge is 0.511 e. The summed E-state index contributed by atoms with van der Waals surface area (Å²) in [4.78, 5) is 59.6. The highest BCUT2D eigenvalue weighted by molar-refractivity contribution is 5.72. The van der Waals surface area contributed by atoms with Gasteiger partial charge in [-0.15, -0.1) is 0 Å². The second kappa shape index (κ2) is 32.0. The molecule has 6 unspecified atom stereocenters. The van der Waals surface area contributed by atoms with E-state index in [1.54, 1.807) is 13.8 Å². The zero-order valence-corrected chi connectivity index (χ0v) is 33.2. The fraction of sp³-hybridized carbons (Fsp3) is 0.806. The van der Waals surface area contributed by atoms with Crippen LogP contribution in [-0.4, -0.2) is 145 Å². The van der Waals surface area contributed by atoms with Crippen LogP contribution in [-0.2, 0) is 61.8 Å². The van der Waals surface area contributed by atoms with E-state index >= 15 is 0 Å². The van der Waals surface area contributed by atoms with Crippen LogP contribution in [0.4, 0.5) is 75.8 Å². The van der Waals surface area contributed by atoms with Crippen molar-refractivity contribution in [2.75, 3.05) is 40.1 Å². The lowest BCUT2D eigenvalue weighted by molar-refractivity contribution is -0.320. The van der Waals surface area contributed by atoms with Gasteiger partial charge >= 0.3 is 67.4 Å². The smallest absolute Gasteiger partial charge is 0.469 e. The van der Waals surface area contributed by atoms with Crippen LogP contribution in [0.3, 0.4) is 0 Å². The fourth-order valence-corrected chi connectivity index (χ4v) is 2.30. The molecule has 3 rings (SSSR count). The third-order valence-electron chi connectivity index (χ3n) is 5.17. The average Bonchev–Trinajstić information content (AvgIpc) is 3.79. The van der Waals surface area contributed by atoms with Crippen molar-refractivity contribution in [3.05, 3.63) is 0 Å². The summed E-state index contributed by atoms with van der Waals surface area (Å²) in [6.07, 6.45) is -26.4. The van der Waals surface area contributed by atoms with E-state index in [9.17, 15) is 90.2 Å². The van der Waals surface area contributed by atoms with Gasteiger partial charge in [0.2, 0.25) is 0 Å². The molecule has 3 saturated heterocycles. The molecule has 0 spiro atoms. The van der Waals surface area contributed by atoms with Crippen molar-refractivity contribution in [3.8, 4) is 0 Å². The Morgan fingerprint density at radius 3 is 1.36 bits per heavy atom. The van der Waals surface area contributed by atoms with Gasteiger partial charge in [0.05, 0.1) is 13.7 Å². The van der Waals surface area contributed by atoms with Gasteiger partial charge in [0.15, 0.2) is 12.3 Å². The fourth-order valence-electron chi connectivity index (χ4n) is 2.30. The van der Waals surface area contributed by atoms with Crippen LogP contribution in [0, 0.1) is 0 Å². The molecule has 0 aromatic heterocycles. The molecule has 0 radical (unpaired) electrons. The molecule has 6 atom stereocenters. The number of alkyl halides is 14. The van der Waals surface area contributed by atoms with Gasteiger partial charge in [-0.05, 0) is 41.5 Å². The zero-order valence-electron chi connectivity index (χ0n) is 33.2. The predicted octanol–water partition coefficient (Wildman–Crippen LogP) is 7.61. The number of carbonyl (C=O) groups excluding carboxylic acids is 6. The van der Waals surface area contributed by atoms with E-state index in [1.807, 2.05) is 0 Å². The Bertz CT molecular complexity index is 1220. The van der Waals surface area contributed by atoms with Gasteiger partial charge in [-0.3, -0.25) is 9.59 Å². The van der Waals surface area contributed by atoms with Crippen LogP contribution in [0.25, 0.3) is 0 Å². The van der Waals surface area contributed by atoms with Gasteiger partial charge < -0.3 is 47.4 Å². The van der Waals surface area contributed by atoms with Crippen molar-refractivity contribution in [1.82, 2.24) is 0 Å². The number of halogens is 14. The molecule has 61 heavy (non-hydrogen) atoms. The maximum Gasteiger partial charge on any atom is 0.511 e. The first-order valence-electron chi connectivity index (χ1n) is 16.5. The van der Waals surface area contributed by atoms with Gasteiger partial charge in [-0.2, -0.15) is 35.1 Å². The molecule has 3 fully saturated rings. The van der Waals surface area contributed by atoms with Gasteiger partial charge in [-0.25, -0.2) is 45.5 Å². The standard InChI is InChI=1S/C6H7F7O.C5H9FO2.C4H5F3O2.C4H6F2O2.C4H5FO3.2C4H6O3/c1-3(7)5(10,11)2-14-6(12,13)4(8)9;1-4(6)3-8-5(2)7;1-9-3(8)2-4(5,6)7;1-2-8-4(7)3(5)6;1-2-3(5)8-4(6)7-2;2*1-3-2-6-4(5)7-3/h3-4H,2H2,1H3;4H,3H2,1-2H3;2H2,1H3;3H,2H2,1H3;2-3H,1H3;2*3H,2H2,1H3. The molecule has 16 nitrogen and oxygen atoms in total. The Kier molecular flexibility index (Phi) is 33.0. The summed E-state index contributed by atoms with van der Waals surface area (Å²) in [6, 6.07) is 0. The Labute approximate surface area is 337 Å². The second-order valence-electron chi connectivity index (χ2n) is 11.1. The molecule has 3 aliphatic heterocycles. The Balaban J connectivity index is -0.000000315. The zero-order chi connectivity index (χ0) is 48.9. The number of methoxy groups -OCH3 is 1. The van der Waals surface area contributed by atoms with Crippen LogP contribution in [0.2, 0.25) is 0 Å². The molecular formula is C31H44F14O16. The molecular weight excluding hydrogens is 894 g/mol. The summed E-state index contributed by atoms with van der Waals surface area (Å²) < 4.78 is 204. The van der Waals surface area contributed by atoms with Gasteiger partial charge in [0, 0.05) is 6.92 Å². The maximum absolute atomic E-state index is 12.3. The van der Waals surface area contributed by atoms with E-state index in [0.29, 0.717) is 20.1 Å². The lowest BCUT2D eigenvalue weighted by atomic mass is 10.2. The summed E-state index contributed by atoms with van der Waals surface area (Å²) in [7, 11) is 0.911. The van der Waals surface area contributed by atoms with E-state index in [0.717, 1.165) is 7.11 Å². The topological polar surface area (TPSA) is 195 Å². The van der Waals surface area contributed by atoms with Crippen LogP contribution in [0.1, 0.15) is 54.9 Å². The first kappa shape index (κ1) is 62.8. The van der Waals surface area contributed by atoms with Gasteiger partial charge in [0.25, 0.3) is 6.36 Å². The number of hydrogen-bond acceptors (Lipinski definition) is 16. The molecule has 0 aromatic carbocycles. The molecule has 0 amide bonds. The highest BCUT2D eigenvalue weighted by atomic mass is 19.4. The van der Waals surface area contributed by atoms with Gasteiger partial charge in [0.1, 0.15) is 51.2 Å². The third kappa shape index (κ3) is 39.1. The molecule has 0 saturated carbocycles. The number of hydrogen-bond donors (Lipinski definition) is 0. The average molecular weight is 939 g/mol. The SMILES string of the molecule is CC(=O)OCC(C)F.CC(F)C(F)(F)COC(F)(F)C(F)F.CC1COC(=O)O1.CC1COC(=O)O1.CC1OC(=O)OC1F.CCOC(=O)C(F)F.COC(=O)CC(F)(F)F. The van der Waals surface area contributed by atoms with E-state index in [-0.39, 0.29) is 25.4 Å². The monoisotopic (exact) mass is 938 g/mol. The Morgan fingerprint density at radius 2 is 1.21 bits per heavy atom. The van der Waals surface area contributed by atoms with E-state index < -0.39 is 105 Å². The van der Waals surface area contributed by atoms with Crippen LogP contribution >= 0.6 is 0 Å². The predicted molar refractivity (Wildman–Crippen MR) is 171 cm³/mol. The molecule has 3 aliphatic rings. The van der Waals surface area contributed by atoms with Crippen LogP contribution in [0.5, 0.6) is 0 Å². The second-order valence-corrected chi connectivity index (χ2v) is 11.1. The molecule has 0 aromatic rings. The van der Waals surface area contributed by atoms with Crippen LogP contribution < -0.4 is 0 Å². The van der Waals surface area contributed by atoms with E-state index in [2.05, 4.69) is 47.4 Å². The lowest BCUT2D eigenvalue weighted by Crippen LogP contribution is -2.39. The number of ether oxygens (including phenoxy) is 10. The van der Waals surface area contributed by atoms with Crippen molar-refractivity contribution in [2.24, 2.45) is 0 Å². The minimum absolute atomic E-state index is 0.00315. The minimum Gasteiger partial charge on any atom is -0.469 e. The number of cyclic esters (lactones) is 6. The molecule has 30 heteroatoms. The Morgan fingerprint density at radius 1 is 0.754 bits per heavy atom. The van der Waals surface area contributed by atoms with E-state index in [1.165, 1.54) is 27.7 Å². The first-order valence-corrected chi connectivity index (χ1v) is 16.5. The first-order chi connectivity index (χ1) is 27.6. The maximum atomic E-state index is 12.3. The number of rotatable bonds is 10. The molecule has 3 heterocycles. The number of esters is 3. The van der Waals surface area contributed by atoms with Crippen molar-refractivity contribution < 1.29 is 138 Å².